The lowest BCUT2D eigenvalue weighted by molar-refractivity contribution is -0.134. The minimum atomic E-state index is -4.38. The first-order valence-corrected chi connectivity index (χ1v) is 7.50. The van der Waals surface area contributed by atoms with E-state index in [-0.39, 0.29) is 12.4 Å². The van der Waals surface area contributed by atoms with Crippen molar-refractivity contribution in [3.63, 3.8) is 0 Å². The van der Waals surface area contributed by atoms with Gasteiger partial charge in [-0.1, -0.05) is 11.8 Å². The Balaban J connectivity index is 2.67. The maximum Gasteiger partial charge on any atom is 0.389 e. The molecule has 0 aliphatic heterocycles. The number of hydrogen-bond acceptors (Lipinski definition) is 4. The van der Waals surface area contributed by atoms with Gasteiger partial charge in [0.2, 0.25) is 10.0 Å². The minimum absolute atomic E-state index is 0.0354. The fourth-order valence-corrected chi connectivity index (χ4v) is 2.44. The molecule has 0 saturated carbocycles. The summed E-state index contributed by atoms with van der Waals surface area (Å²) in [5, 5.41) is 8.55. The molecule has 1 heterocycles. The molecule has 0 spiro atoms. The van der Waals surface area contributed by atoms with Crippen LogP contribution in [0.4, 0.5) is 19.0 Å². The van der Waals surface area contributed by atoms with E-state index in [2.05, 4.69) is 21.5 Å². The average Bonchev–Trinajstić information content (AvgIpc) is 2.34. The number of rotatable bonds is 5. The predicted octanol–water partition coefficient (Wildman–Crippen LogP) is 1.51. The lowest BCUT2D eigenvalue weighted by Gasteiger charge is -2.08. The van der Waals surface area contributed by atoms with Crippen LogP contribution in [0, 0.1) is 11.8 Å². The van der Waals surface area contributed by atoms with Gasteiger partial charge in [0.25, 0.3) is 0 Å². The zero-order valence-electron chi connectivity index (χ0n) is 10.8. The van der Waals surface area contributed by atoms with Gasteiger partial charge in [0.15, 0.2) is 0 Å². The van der Waals surface area contributed by atoms with Gasteiger partial charge in [0.05, 0.1) is 5.75 Å². The number of sulfonamides is 1. The van der Waals surface area contributed by atoms with Crippen LogP contribution >= 0.6 is 0 Å². The molecule has 116 valence electrons. The van der Waals surface area contributed by atoms with Crippen LogP contribution in [0.25, 0.3) is 0 Å². The lowest BCUT2D eigenvalue weighted by Crippen LogP contribution is -2.19. The Kier molecular flexibility index (Phi) is 5.99. The van der Waals surface area contributed by atoms with Crippen LogP contribution < -0.4 is 4.72 Å². The molecule has 0 radical (unpaired) electrons. The summed E-state index contributed by atoms with van der Waals surface area (Å²) in [5.74, 6) is 4.25. The first-order valence-electron chi connectivity index (χ1n) is 5.85. The van der Waals surface area contributed by atoms with Gasteiger partial charge >= 0.3 is 6.18 Å². The Morgan fingerprint density at radius 2 is 2.10 bits per heavy atom. The van der Waals surface area contributed by atoms with Gasteiger partial charge in [-0.05, 0) is 18.6 Å². The number of nitrogens with one attached hydrogen (secondary N) is 1. The molecule has 9 heteroatoms. The minimum Gasteiger partial charge on any atom is -0.384 e. The topological polar surface area (TPSA) is 79.3 Å². The summed E-state index contributed by atoms with van der Waals surface area (Å²) in [4.78, 5) is 3.75. The molecule has 21 heavy (non-hydrogen) atoms. The molecule has 1 aromatic heterocycles. The van der Waals surface area contributed by atoms with Crippen molar-refractivity contribution in [2.24, 2.45) is 0 Å². The molecule has 0 fully saturated rings. The van der Waals surface area contributed by atoms with E-state index >= 15 is 0 Å². The van der Waals surface area contributed by atoms with E-state index in [1.807, 2.05) is 0 Å². The number of pyridine rings is 1. The third-order valence-electron chi connectivity index (χ3n) is 2.21. The Morgan fingerprint density at radius 3 is 2.71 bits per heavy atom. The maximum atomic E-state index is 12.0. The van der Waals surface area contributed by atoms with Gasteiger partial charge in [0.1, 0.15) is 12.4 Å². The van der Waals surface area contributed by atoms with Crippen molar-refractivity contribution in [3.05, 3.63) is 23.9 Å². The van der Waals surface area contributed by atoms with Crippen LogP contribution in [-0.2, 0) is 10.0 Å². The van der Waals surface area contributed by atoms with E-state index < -0.39 is 34.8 Å². The van der Waals surface area contributed by atoms with Crippen LogP contribution in [0.5, 0.6) is 0 Å². The predicted molar refractivity (Wildman–Crippen MR) is 70.9 cm³/mol. The normalized spacial score (nSPS) is 11.6. The van der Waals surface area contributed by atoms with Crippen LogP contribution in [-0.4, -0.2) is 37.0 Å². The van der Waals surface area contributed by atoms with E-state index in [9.17, 15) is 21.6 Å². The number of nitrogens with zero attached hydrogens (tertiary/aromatic N) is 1. The lowest BCUT2D eigenvalue weighted by atomic mass is 10.2. The Morgan fingerprint density at radius 1 is 1.38 bits per heavy atom. The zero-order chi connectivity index (χ0) is 15.9. The summed E-state index contributed by atoms with van der Waals surface area (Å²) in [5.41, 5.74) is 0.423. The summed E-state index contributed by atoms with van der Waals surface area (Å²) in [6.07, 6.45) is -4.77. The van der Waals surface area contributed by atoms with Crippen molar-refractivity contribution >= 4 is 15.8 Å². The van der Waals surface area contributed by atoms with E-state index in [4.69, 9.17) is 5.11 Å². The number of aromatic nitrogens is 1. The number of anilines is 1. The molecule has 0 atom stereocenters. The van der Waals surface area contributed by atoms with E-state index in [0.717, 1.165) is 0 Å². The van der Waals surface area contributed by atoms with Gasteiger partial charge in [-0.15, -0.1) is 0 Å². The molecule has 1 rings (SSSR count). The molecule has 0 saturated heterocycles. The molecule has 0 aliphatic rings. The van der Waals surface area contributed by atoms with Crippen molar-refractivity contribution in [3.8, 4) is 11.8 Å². The third-order valence-corrected chi connectivity index (χ3v) is 3.55. The van der Waals surface area contributed by atoms with Crippen LogP contribution in [0.1, 0.15) is 18.4 Å². The maximum absolute atomic E-state index is 12.0. The van der Waals surface area contributed by atoms with Crippen LogP contribution in [0.3, 0.4) is 0 Å². The second-order valence-electron chi connectivity index (χ2n) is 4.03. The fourth-order valence-electron chi connectivity index (χ4n) is 1.38. The highest BCUT2D eigenvalue weighted by molar-refractivity contribution is 7.92. The monoisotopic (exact) mass is 322 g/mol. The number of hydrogen-bond donors (Lipinski definition) is 2. The fraction of sp³-hybridized carbons (Fsp3) is 0.417. The standard InChI is InChI=1S/C12H13F3N2O3S/c13-12(14,15)5-2-8-21(19,20)17-11-9-10(3-1-7-18)4-6-16-11/h4,6,9,18H,2,5,7-8H2,(H,16,17). The third kappa shape index (κ3) is 7.53. The number of alkyl halides is 3. The SMILES string of the molecule is O=S(=O)(CCCC(F)(F)F)Nc1cc(C#CCO)ccn1. The summed E-state index contributed by atoms with van der Waals surface area (Å²) >= 11 is 0. The second-order valence-corrected chi connectivity index (χ2v) is 5.87. The molecular formula is C12H13F3N2O3S. The zero-order valence-corrected chi connectivity index (χ0v) is 11.6. The molecule has 0 unspecified atom stereocenters. The van der Waals surface area contributed by atoms with Crippen molar-refractivity contribution in [1.82, 2.24) is 4.98 Å². The van der Waals surface area contributed by atoms with Crippen LogP contribution in [0.15, 0.2) is 18.3 Å². The average molecular weight is 322 g/mol. The highest BCUT2D eigenvalue weighted by atomic mass is 32.2. The first kappa shape index (κ1) is 17.3. The first-order chi connectivity index (χ1) is 9.72. The molecule has 1 aromatic rings. The number of aliphatic hydroxyl groups excluding tert-OH is 1. The smallest absolute Gasteiger partial charge is 0.384 e. The van der Waals surface area contributed by atoms with E-state index in [0.29, 0.717) is 5.56 Å². The summed E-state index contributed by atoms with van der Waals surface area (Å²) in [7, 11) is -3.90. The van der Waals surface area contributed by atoms with Gasteiger partial charge in [0, 0.05) is 18.2 Å². The number of halogens is 3. The number of aliphatic hydroxyl groups is 1. The highest BCUT2D eigenvalue weighted by Crippen LogP contribution is 2.21. The molecule has 0 aromatic carbocycles. The van der Waals surface area contributed by atoms with Crippen LogP contribution in [0.2, 0.25) is 0 Å². The summed E-state index contributed by atoms with van der Waals surface area (Å²) < 4.78 is 61.2. The van der Waals surface area contributed by atoms with E-state index in [1.165, 1.54) is 18.3 Å². The van der Waals surface area contributed by atoms with Gasteiger partial charge < -0.3 is 5.11 Å². The van der Waals surface area contributed by atoms with Gasteiger partial charge in [-0.25, -0.2) is 13.4 Å². The molecule has 0 bridgehead atoms. The molecular weight excluding hydrogens is 309 g/mol. The summed E-state index contributed by atoms with van der Waals surface area (Å²) in [6.45, 7) is -0.346. The van der Waals surface area contributed by atoms with Crippen molar-refractivity contribution in [2.45, 2.75) is 19.0 Å². The molecule has 2 N–H and O–H groups in total. The van der Waals surface area contributed by atoms with E-state index in [1.54, 1.807) is 0 Å². The molecule has 0 aliphatic carbocycles. The molecule has 0 amide bonds. The Hall–Kier alpha value is -1.79. The largest absolute Gasteiger partial charge is 0.389 e. The highest BCUT2D eigenvalue weighted by Gasteiger charge is 2.27. The van der Waals surface area contributed by atoms with Crippen molar-refractivity contribution in [2.75, 3.05) is 17.1 Å². The molecule has 5 nitrogen and oxygen atoms in total. The van der Waals surface area contributed by atoms with Gasteiger partial charge in [-0.3, -0.25) is 4.72 Å². The quantitative estimate of drug-likeness (QED) is 0.806. The Bertz CT molecular complexity index is 633. The second kappa shape index (κ2) is 7.28. The van der Waals surface area contributed by atoms with Crippen molar-refractivity contribution in [1.29, 1.82) is 0 Å². The summed E-state index contributed by atoms with van der Waals surface area (Å²) in [6, 6.07) is 2.83. The van der Waals surface area contributed by atoms with Gasteiger partial charge in [-0.2, -0.15) is 13.2 Å². The van der Waals surface area contributed by atoms with Crippen molar-refractivity contribution < 1.29 is 26.7 Å². The Labute approximate surface area is 120 Å².